The molecule has 0 spiro atoms. The lowest BCUT2D eigenvalue weighted by Gasteiger charge is -2.23. The zero-order valence-corrected chi connectivity index (χ0v) is 22.9. The maximum Gasteiger partial charge on any atom is 0.228 e. The number of benzene rings is 2. The van der Waals surface area contributed by atoms with Crippen molar-refractivity contribution >= 4 is 34.8 Å². The second-order valence-electron chi connectivity index (χ2n) is 10.3. The molecule has 2 aromatic heterocycles. The molecule has 1 aliphatic heterocycles. The third-order valence-corrected chi connectivity index (χ3v) is 7.56. The fourth-order valence-corrected chi connectivity index (χ4v) is 5.51. The van der Waals surface area contributed by atoms with Gasteiger partial charge in [0.15, 0.2) is 0 Å². The third-order valence-electron chi connectivity index (χ3n) is 7.56. The van der Waals surface area contributed by atoms with E-state index in [0.717, 1.165) is 84.2 Å². The van der Waals surface area contributed by atoms with E-state index in [2.05, 4.69) is 50.2 Å². The van der Waals surface area contributed by atoms with Crippen molar-refractivity contribution in [3.05, 3.63) is 66.5 Å². The number of hydrogen-bond acceptors (Lipinski definition) is 8. The molecule has 4 aromatic rings. The third kappa shape index (κ3) is 5.93. The Morgan fingerprint density at radius 1 is 0.923 bits per heavy atom. The molecule has 0 amide bonds. The van der Waals surface area contributed by atoms with Gasteiger partial charge in [0.25, 0.3) is 0 Å². The van der Waals surface area contributed by atoms with Gasteiger partial charge in [0, 0.05) is 41.4 Å². The van der Waals surface area contributed by atoms with Crippen LogP contribution in [0, 0.1) is 6.92 Å². The Morgan fingerprint density at radius 3 is 2.67 bits per heavy atom. The van der Waals surface area contributed by atoms with E-state index in [4.69, 9.17) is 9.72 Å². The molecule has 2 aliphatic rings. The van der Waals surface area contributed by atoms with Crippen LogP contribution in [0.2, 0.25) is 0 Å². The number of anilines is 2. The molecular formula is C30H35ClN6O2. The van der Waals surface area contributed by atoms with Crippen molar-refractivity contribution < 1.29 is 9.84 Å². The van der Waals surface area contributed by atoms with E-state index in [-0.39, 0.29) is 24.6 Å². The van der Waals surface area contributed by atoms with Crippen LogP contribution in [0.4, 0.5) is 11.6 Å². The van der Waals surface area contributed by atoms with Gasteiger partial charge in [-0.1, -0.05) is 24.3 Å². The standard InChI is InChI=1S/C30H34N6O2.ClH/c1-19-12-13-21-22(7-2-9-24(21)35-26-10-3-11-27(26)37)28(19)38-29-23(8-5-16-32-29)25-14-17-33-30(36-25)34-20-6-4-15-31-18-20;/h2,5,7-9,12-14,16-17,20,26-27,31,35,37H,3-4,6,10-11,15,18H2,1H3,(H,33,34,36);1H/t20-,26-,27-;/m0./s1. The molecule has 8 nitrogen and oxygen atoms in total. The van der Waals surface area contributed by atoms with Crippen molar-refractivity contribution in [1.82, 2.24) is 20.3 Å². The summed E-state index contributed by atoms with van der Waals surface area (Å²) in [6, 6.07) is 16.5. The van der Waals surface area contributed by atoms with Crippen molar-refractivity contribution in [2.75, 3.05) is 23.7 Å². The van der Waals surface area contributed by atoms with Gasteiger partial charge in [0.1, 0.15) is 5.75 Å². The first kappa shape index (κ1) is 27.1. The largest absolute Gasteiger partial charge is 0.437 e. The first-order valence-electron chi connectivity index (χ1n) is 13.6. The number of rotatable bonds is 7. The zero-order valence-electron chi connectivity index (χ0n) is 22.1. The van der Waals surface area contributed by atoms with E-state index in [9.17, 15) is 5.11 Å². The first-order valence-corrected chi connectivity index (χ1v) is 13.6. The molecule has 6 rings (SSSR count). The van der Waals surface area contributed by atoms with Crippen molar-refractivity contribution in [1.29, 1.82) is 0 Å². The lowest BCUT2D eigenvalue weighted by Crippen LogP contribution is -2.38. The molecule has 9 heteroatoms. The molecule has 39 heavy (non-hydrogen) atoms. The molecule has 3 heterocycles. The Morgan fingerprint density at radius 2 is 1.85 bits per heavy atom. The Labute approximate surface area is 235 Å². The fraction of sp³-hybridized carbons (Fsp3) is 0.367. The smallest absolute Gasteiger partial charge is 0.228 e. The fourth-order valence-electron chi connectivity index (χ4n) is 5.51. The van der Waals surface area contributed by atoms with Crippen molar-refractivity contribution in [2.24, 2.45) is 0 Å². The number of aliphatic hydroxyl groups is 1. The highest BCUT2D eigenvalue weighted by atomic mass is 35.5. The first-order chi connectivity index (χ1) is 18.7. The molecule has 3 atom stereocenters. The predicted octanol–water partition coefficient (Wildman–Crippen LogP) is 5.70. The number of fused-ring (bicyclic) bond motifs is 1. The summed E-state index contributed by atoms with van der Waals surface area (Å²) in [5.74, 6) is 1.87. The Kier molecular flexibility index (Phi) is 8.45. The molecule has 1 saturated carbocycles. The van der Waals surface area contributed by atoms with Crippen LogP contribution in [0.5, 0.6) is 11.6 Å². The van der Waals surface area contributed by atoms with Crippen LogP contribution in [-0.2, 0) is 0 Å². The minimum atomic E-state index is -0.316. The number of piperidine rings is 1. The highest BCUT2D eigenvalue weighted by Gasteiger charge is 2.25. The van der Waals surface area contributed by atoms with Gasteiger partial charge in [-0.15, -0.1) is 12.4 Å². The lowest BCUT2D eigenvalue weighted by molar-refractivity contribution is 0.172. The number of hydrogen-bond donors (Lipinski definition) is 4. The van der Waals surface area contributed by atoms with Crippen LogP contribution in [0.15, 0.2) is 60.9 Å². The van der Waals surface area contributed by atoms with Gasteiger partial charge in [0.2, 0.25) is 11.8 Å². The maximum absolute atomic E-state index is 10.4. The molecule has 4 N–H and O–H groups in total. The molecule has 204 valence electrons. The number of nitrogens with one attached hydrogen (secondary N) is 3. The summed E-state index contributed by atoms with van der Waals surface area (Å²) in [6.45, 7) is 4.01. The normalized spacial score (nSPS) is 20.8. The van der Waals surface area contributed by atoms with Crippen LogP contribution in [0.1, 0.15) is 37.7 Å². The molecule has 0 bridgehead atoms. The number of aliphatic hydroxyl groups excluding tert-OH is 1. The Bertz CT molecular complexity index is 1430. The second kappa shape index (κ2) is 12.2. The summed E-state index contributed by atoms with van der Waals surface area (Å²) in [7, 11) is 0. The molecule has 2 fully saturated rings. The van der Waals surface area contributed by atoms with Crippen LogP contribution >= 0.6 is 12.4 Å². The number of aryl methyl sites for hydroxylation is 1. The van der Waals surface area contributed by atoms with Crippen LogP contribution in [0.3, 0.4) is 0 Å². The van der Waals surface area contributed by atoms with Gasteiger partial charge in [0.05, 0.1) is 23.4 Å². The zero-order chi connectivity index (χ0) is 25.9. The van der Waals surface area contributed by atoms with Crippen molar-refractivity contribution in [3.8, 4) is 22.9 Å². The highest BCUT2D eigenvalue weighted by Crippen LogP contribution is 2.39. The number of halogens is 1. The minimum Gasteiger partial charge on any atom is -0.437 e. The van der Waals surface area contributed by atoms with Gasteiger partial charge in [-0.25, -0.2) is 15.0 Å². The number of aromatic nitrogens is 3. The Balaban J connectivity index is 0.00000308. The molecule has 0 radical (unpaired) electrons. The van der Waals surface area contributed by atoms with Gasteiger partial charge in [-0.05, 0) is 75.4 Å². The predicted molar refractivity (Wildman–Crippen MR) is 158 cm³/mol. The van der Waals surface area contributed by atoms with Crippen LogP contribution in [-0.4, -0.2) is 51.3 Å². The number of nitrogens with zero attached hydrogens (tertiary/aromatic N) is 3. The topological polar surface area (TPSA) is 104 Å². The van der Waals surface area contributed by atoms with E-state index >= 15 is 0 Å². The van der Waals surface area contributed by atoms with Gasteiger partial charge in [-0.2, -0.15) is 0 Å². The van der Waals surface area contributed by atoms with Crippen molar-refractivity contribution in [3.63, 3.8) is 0 Å². The van der Waals surface area contributed by atoms with Gasteiger partial charge < -0.3 is 25.8 Å². The van der Waals surface area contributed by atoms with Crippen molar-refractivity contribution in [2.45, 2.75) is 57.2 Å². The van der Waals surface area contributed by atoms with E-state index in [0.29, 0.717) is 17.9 Å². The van der Waals surface area contributed by atoms with Crippen LogP contribution in [0.25, 0.3) is 22.0 Å². The minimum absolute atomic E-state index is 0. The monoisotopic (exact) mass is 546 g/mol. The van der Waals surface area contributed by atoms with E-state index < -0.39 is 0 Å². The van der Waals surface area contributed by atoms with E-state index in [1.807, 2.05) is 31.2 Å². The van der Waals surface area contributed by atoms with Gasteiger partial charge >= 0.3 is 0 Å². The maximum atomic E-state index is 10.4. The quantitative estimate of drug-likeness (QED) is 0.234. The summed E-state index contributed by atoms with van der Waals surface area (Å²) in [4.78, 5) is 13.8. The molecule has 1 aliphatic carbocycles. The number of pyridine rings is 1. The Hall–Kier alpha value is -3.46. The lowest BCUT2D eigenvalue weighted by atomic mass is 10.0. The molecule has 0 unspecified atom stereocenters. The van der Waals surface area contributed by atoms with E-state index in [1.165, 1.54) is 0 Å². The highest BCUT2D eigenvalue weighted by molar-refractivity contribution is 5.98. The SMILES string of the molecule is Cc1ccc2c(N[C@H]3CCC[C@@H]3O)cccc2c1Oc1ncccc1-c1ccnc(N[C@H]2CCCNC2)n1.Cl. The number of ether oxygens (including phenoxy) is 1. The molecular weight excluding hydrogens is 512 g/mol. The van der Waals surface area contributed by atoms with Crippen LogP contribution < -0.4 is 20.7 Å². The summed E-state index contributed by atoms with van der Waals surface area (Å²) >= 11 is 0. The van der Waals surface area contributed by atoms with E-state index in [1.54, 1.807) is 12.4 Å². The summed E-state index contributed by atoms with van der Waals surface area (Å²) in [5, 5.41) is 22.9. The molecule has 1 saturated heterocycles. The summed E-state index contributed by atoms with van der Waals surface area (Å²) in [5.41, 5.74) is 3.58. The summed E-state index contributed by atoms with van der Waals surface area (Å²) < 4.78 is 6.56. The van der Waals surface area contributed by atoms with Gasteiger partial charge in [-0.3, -0.25) is 0 Å². The average Bonchev–Trinajstić information content (AvgIpc) is 3.35. The summed E-state index contributed by atoms with van der Waals surface area (Å²) in [6.07, 6.45) is 8.28. The average molecular weight is 547 g/mol. The molecule has 2 aromatic carbocycles. The second-order valence-corrected chi connectivity index (χ2v) is 10.3.